The summed E-state index contributed by atoms with van der Waals surface area (Å²) in [5, 5.41) is 26.9. The summed E-state index contributed by atoms with van der Waals surface area (Å²) < 4.78 is 0. The Morgan fingerprint density at radius 1 is 0.900 bits per heavy atom. The summed E-state index contributed by atoms with van der Waals surface area (Å²) in [6.07, 6.45) is 2.82. The number of nitriles is 1. The third-order valence-electron chi connectivity index (χ3n) is 2.98. The van der Waals surface area contributed by atoms with E-state index in [1.165, 1.54) is 0 Å². The molecular weight excluding hydrogens is 250 g/mol. The third-order valence-corrected chi connectivity index (χ3v) is 2.98. The predicted molar refractivity (Wildman–Crippen MR) is 79.7 cm³/mol. The molecule has 0 N–H and O–H groups in total. The average Bonchev–Trinajstić information content (AvgIpc) is 2.32. The SMILES string of the molecule is CC(C)(C)N=NC1CCCC(C#N)C1N=NC(C)(C)C. The Morgan fingerprint density at radius 3 is 1.95 bits per heavy atom. The minimum Gasteiger partial charge on any atom is -0.198 e. The predicted octanol–water partition coefficient (Wildman–Crippen LogP) is 4.55. The Labute approximate surface area is 122 Å². The maximum atomic E-state index is 9.31. The van der Waals surface area contributed by atoms with Crippen molar-refractivity contribution in [1.82, 2.24) is 0 Å². The lowest BCUT2D eigenvalue weighted by atomic mass is 9.82. The van der Waals surface area contributed by atoms with Gasteiger partial charge in [0.05, 0.1) is 29.1 Å². The highest BCUT2D eigenvalue weighted by Crippen LogP contribution is 2.30. The van der Waals surface area contributed by atoms with Crippen molar-refractivity contribution in [2.45, 2.75) is 84.0 Å². The van der Waals surface area contributed by atoms with E-state index >= 15 is 0 Å². The first-order valence-corrected chi connectivity index (χ1v) is 7.36. The van der Waals surface area contributed by atoms with Crippen molar-refractivity contribution in [3.8, 4) is 6.07 Å². The van der Waals surface area contributed by atoms with Gasteiger partial charge in [0.2, 0.25) is 0 Å². The van der Waals surface area contributed by atoms with Crippen LogP contribution in [0.15, 0.2) is 20.5 Å². The van der Waals surface area contributed by atoms with Crippen LogP contribution in [-0.2, 0) is 0 Å². The van der Waals surface area contributed by atoms with Crippen LogP contribution in [0.2, 0.25) is 0 Å². The summed E-state index contributed by atoms with van der Waals surface area (Å²) >= 11 is 0. The van der Waals surface area contributed by atoms with Crippen molar-refractivity contribution >= 4 is 0 Å². The fourth-order valence-corrected chi connectivity index (χ4v) is 2.07. The van der Waals surface area contributed by atoms with E-state index in [0.29, 0.717) is 0 Å². The number of hydrogen-bond donors (Lipinski definition) is 0. The summed E-state index contributed by atoms with van der Waals surface area (Å²) in [5.41, 5.74) is -0.408. The standard InChI is InChI=1S/C15H27N5/c1-14(2,3)19-17-12-9-7-8-11(10-16)13(12)18-20-15(4,5)6/h11-13H,7-9H2,1-6H3. The fourth-order valence-electron chi connectivity index (χ4n) is 2.07. The van der Waals surface area contributed by atoms with Crippen LogP contribution in [0, 0.1) is 17.2 Å². The van der Waals surface area contributed by atoms with Gasteiger partial charge in [0, 0.05) is 0 Å². The Morgan fingerprint density at radius 2 is 1.45 bits per heavy atom. The second kappa shape index (κ2) is 6.43. The van der Waals surface area contributed by atoms with Crippen molar-refractivity contribution in [2.24, 2.45) is 26.4 Å². The van der Waals surface area contributed by atoms with Gasteiger partial charge in [0.15, 0.2) is 0 Å². The minimum absolute atomic E-state index is 0.0151. The van der Waals surface area contributed by atoms with Crippen LogP contribution in [0.5, 0.6) is 0 Å². The number of rotatable bonds is 2. The van der Waals surface area contributed by atoms with Crippen LogP contribution < -0.4 is 0 Å². The fraction of sp³-hybridized carbons (Fsp3) is 0.933. The molecule has 5 heteroatoms. The van der Waals surface area contributed by atoms with Gasteiger partial charge in [-0.2, -0.15) is 25.7 Å². The first-order chi connectivity index (χ1) is 9.12. The molecule has 0 amide bonds. The van der Waals surface area contributed by atoms with E-state index in [-0.39, 0.29) is 29.1 Å². The van der Waals surface area contributed by atoms with Crippen molar-refractivity contribution in [2.75, 3.05) is 0 Å². The third kappa shape index (κ3) is 5.77. The van der Waals surface area contributed by atoms with Gasteiger partial charge >= 0.3 is 0 Å². The molecule has 3 unspecified atom stereocenters. The summed E-state index contributed by atoms with van der Waals surface area (Å²) in [6, 6.07) is 2.19. The van der Waals surface area contributed by atoms with Gasteiger partial charge in [-0.1, -0.05) is 0 Å². The molecule has 1 rings (SSSR count). The van der Waals surface area contributed by atoms with Gasteiger partial charge in [-0.3, -0.25) is 0 Å². The zero-order chi connectivity index (χ0) is 15.4. The molecule has 5 nitrogen and oxygen atoms in total. The van der Waals surface area contributed by atoms with Crippen LogP contribution in [0.4, 0.5) is 0 Å². The molecule has 0 aromatic carbocycles. The normalized spacial score (nSPS) is 28.9. The van der Waals surface area contributed by atoms with E-state index in [1.54, 1.807) is 0 Å². The average molecular weight is 277 g/mol. The smallest absolute Gasteiger partial charge is 0.111 e. The Balaban J connectivity index is 2.92. The molecule has 0 saturated heterocycles. The molecule has 1 fully saturated rings. The van der Waals surface area contributed by atoms with Crippen LogP contribution in [-0.4, -0.2) is 23.2 Å². The summed E-state index contributed by atoms with van der Waals surface area (Å²) in [7, 11) is 0. The monoisotopic (exact) mass is 277 g/mol. The summed E-state index contributed by atoms with van der Waals surface area (Å²) in [6.45, 7) is 12.1. The molecule has 0 spiro atoms. The second-order valence-electron chi connectivity index (χ2n) is 7.50. The summed E-state index contributed by atoms with van der Waals surface area (Å²) in [5.74, 6) is -0.0984. The highest BCUT2D eigenvalue weighted by molar-refractivity contribution is 5.01. The molecule has 1 aliphatic rings. The van der Waals surface area contributed by atoms with E-state index in [0.717, 1.165) is 19.3 Å². The molecule has 0 aromatic heterocycles. The van der Waals surface area contributed by atoms with E-state index < -0.39 is 0 Å². The van der Waals surface area contributed by atoms with Crippen LogP contribution in [0.25, 0.3) is 0 Å². The van der Waals surface area contributed by atoms with E-state index in [1.807, 2.05) is 41.5 Å². The lowest BCUT2D eigenvalue weighted by Gasteiger charge is -2.29. The van der Waals surface area contributed by atoms with Crippen LogP contribution in [0.3, 0.4) is 0 Å². The Kier molecular flexibility index (Phi) is 5.38. The van der Waals surface area contributed by atoms with Crippen molar-refractivity contribution in [3.05, 3.63) is 0 Å². The second-order valence-corrected chi connectivity index (χ2v) is 7.50. The van der Waals surface area contributed by atoms with Gasteiger partial charge < -0.3 is 0 Å². The molecule has 0 aliphatic heterocycles. The zero-order valence-corrected chi connectivity index (χ0v) is 13.6. The Bertz CT molecular complexity index is 405. The largest absolute Gasteiger partial charge is 0.198 e. The van der Waals surface area contributed by atoms with Crippen LogP contribution in [0.1, 0.15) is 60.8 Å². The van der Waals surface area contributed by atoms with E-state index in [2.05, 4.69) is 26.5 Å². The molecule has 20 heavy (non-hydrogen) atoms. The van der Waals surface area contributed by atoms with E-state index in [4.69, 9.17) is 0 Å². The number of azo groups is 2. The van der Waals surface area contributed by atoms with E-state index in [9.17, 15) is 5.26 Å². The molecular formula is C15H27N5. The maximum Gasteiger partial charge on any atom is 0.111 e. The van der Waals surface area contributed by atoms with Crippen molar-refractivity contribution in [1.29, 1.82) is 5.26 Å². The summed E-state index contributed by atoms with van der Waals surface area (Å²) in [4.78, 5) is 0. The maximum absolute atomic E-state index is 9.31. The number of nitrogens with zero attached hydrogens (tertiary/aromatic N) is 5. The first kappa shape index (κ1) is 16.7. The lowest BCUT2D eigenvalue weighted by molar-refractivity contribution is 0.296. The van der Waals surface area contributed by atoms with Crippen LogP contribution >= 0.6 is 0 Å². The Hall–Kier alpha value is -1.31. The molecule has 0 bridgehead atoms. The molecule has 1 aliphatic carbocycles. The highest BCUT2D eigenvalue weighted by Gasteiger charge is 2.34. The van der Waals surface area contributed by atoms with Crippen molar-refractivity contribution in [3.63, 3.8) is 0 Å². The van der Waals surface area contributed by atoms with Gasteiger partial charge in [0.1, 0.15) is 6.04 Å². The van der Waals surface area contributed by atoms with Gasteiger partial charge in [-0.15, -0.1) is 0 Å². The van der Waals surface area contributed by atoms with Crippen molar-refractivity contribution < 1.29 is 0 Å². The van der Waals surface area contributed by atoms with Gasteiger partial charge in [-0.25, -0.2) is 0 Å². The lowest BCUT2D eigenvalue weighted by Crippen LogP contribution is -2.34. The minimum atomic E-state index is -0.219. The topological polar surface area (TPSA) is 73.2 Å². The molecule has 0 radical (unpaired) electrons. The zero-order valence-electron chi connectivity index (χ0n) is 13.6. The number of hydrogen-bond acceptors (Lipinski definition) is 5. The molecule has 3 atom stereocenters. The molecule has 0 aromatic rings. The van der Waals surface area contributed by atoms with Gasteiger partial charge in [0.25, 0.3) is 0 Å². The molecule has 1 saturated carbocycles. The van der Waals surface area contributed by atoms with Gasteiger partial charge in [-0.05, 0) is 60.8 Å². The molecule has 112 valence electrons. The first-order valence-electron chi connectivity index (χ1n) is 7.36. The quantitative estimate of drug-likeness (QED) is 0.682. The molecule has 0 heterocycles. The highest BCUT2D eigenvalue weighted by atomic mass is 15.2.